The molecule has 2 unspecified atom stereocenters. The Labute approximate surface area is 573 Å². The first-order valence-corrected chi connectivity index (χ1v) is 34.6. The summed E-state index contributed by atoms with van der Waals surface area (Å²) in [6, 6.07) is 130. The van der Waals surface area contributed by atoms with Crippen molar-refractivity contribution < 1.29 is 0 Å². The fourth-order valence-corrected chi connectivity index (χ4v) is 19.9. The van der Waals surface area contributed by atoms with Crippen molar-refractivity contribution >= 4 is 74.3 Å². The Morgan fingerprint density at radius 2 is 0.602 bits per heavy atom. The van der Waals surface area contributed by atoms with Gasteiger partial charge < -0.3 is 14.7 Å². The lowest BCUT2D eigenvalue weighted by molar-refractivity contribution is 0.366. The highest BCUT2D eigenvalue weighted by Crippen LogP contribution is 2.65. The highest BCUT2D eigenvalue weighted by molar-refractivity contribution is 7.02. The van der Waals surface area contributed by atoms with Crippen LogP contribution in [0.5, 0.6) is 0 Å². The van der Waals surface area contributed by atoms with Crippen LogP contribution in [0.25, 0.3) is 22.3 Å². The predicted octanol–water partition coefficient (Wildman–Crippen LogP) is 20.6. The topological polar surface area (TPSA) is 9.72 Å². The number of allylic oxidation sites excluding steroid dienone is 4. The van der Waals surface area contributed by atoms with Gasteiger partial charge in [-0.05, 0) is 178 Å². The summed E-state index contributed by atoms with van der Waals surface area (Å²) in [5.74, 6) is 0.110. The molecule has 4 heteroatoms. The van der Waals surface area contributed by atoms with E-state index in [0.29, 0.717) is 0 Å². The van der Waals surface area contributed by atoms with Crippen molar-refractivity contribution in [3.8, 4) is 22.3 Å². The van der Waals surface area contributed by atoms with Crippen LogP contribution in [0.4, 0.5) is 51.2 Å². The quantitative estimate of drug-likeness (QED) is 0.133. The molecule has 0 saturated heterocycles. The zero-order chi connectivity index (χ0) is 64.5. The van der Waals surface area contributed by atoms with Crippen molar-refractivity contribution in [2.24, 2.45) is 5.92 Å². The summed E-state index contributed by atoms with van der Waals surface area (Å²) in [7, 11) is 0. The molecule has 3 aliphatic heterocycles. The summed E-state index contributed by atoms with van der Waals surface area (Å²) < 4.78 is 0. The van der Waals surface area contributed by atoms with Gasteiger partial charge in [-0.2, -0.15) is 0 Å². The lowest BCUT2D eigenvalue weighted by Crippen LogP contribution is -2.64. The van der Waals surface area contributed by atoms with Crippen LogP contribution in [0.3, 0.4) is 0 Å². The Kier molecular flexibility index (Phi) is 11.6. The van der Waals surface area contributed by atoms with E-state index < -0.39 is 16.2 Å². The number of fused-ring (bicyclic) bond motifs is 9. The van der Waals surface area contributed by atoms with Crippen molar-refractivity contribution in [1.29, 1.82) is 0 Å². The molecule has 7 aliphatic rings. The highest BCUT2D eigenvalue weighted by atomic mass is 15.2. The van der Waals surface area contributed by atoms with Gasteiger partial charge in [-0.15, -0.1) is 0 Å². The van der Waals surface area contributed by atoms with Gasteiger partial charge >= 0.3 is 0 Å². The van der Waals surface area contributed by atoms with Gasteiger partial charge in [-0.1, -0.05) is 298 Å². The second-order valence-corrected chi connectivity index (χ2v) is 27.9. The van der Waals surface area contributed by atoms with E-state index in [1.165, 1.54) is 140 Å². The Morgan fingerprint density at radius 3 is 1.05 bits per heavy atom. The van der Waals surface area contributed by atoms with Crippen LogP contribution >= 0.6 is 0 Å². The molecule has 98 heavy (non-hydrogen) atoms. The zero-order valence-corrected chi connectivity index (χ0v) is 54.1. The van der Waals surface area contributed by atoms with Crippen molar-refractivity contribution in [1.82, 2.24) is 0 Å². The fourth-order valence-electron chi connectivity index (χ4n) is 19.9. The molecule has 0 aromatic heterocycles. The summed E-state index contributed by atoms with van der Waals surface area (Å²) in [5, 5.41) is 0. The molecule has 0 N–H and O–H groups in total. The van der Waals surface area contributed by atoms with Crippen molar-refractivity contribution in [3.63, 3.8) is 0 Å². The van der Waals surface area contributed by atoms with E-state index in [0.717, 1.165) is 17.1 Å². The van der Waals surface area contributed by atoms with E-state index in [1.807, 2.05) is 0 Å². The van der Waals surface area contributed by atoms with E-state index in [1.54, 1.807) is 0 Å². The minimum Gasteiger partial charge on any atom is -0.311 e. The number of benzene rings is 14. The van der Waals surface area contributed by atoms with Gasteiger partial charge in [0.05, 0.1) is 16.2 Å². The van der Waals surface area contributed by atoms with Gasteiger partial charge in [0.1, 0.15) is 0 Å². The SMILES string of the molecule is CC12C=CC=CC1C(c1ccccc1)(c1ccccc1)c1cc(N3c4cccc5c4B4c6c(cccc6N(c6ccc7c(c6)C(c6ccccc6)(c6ccccc6)c6ccccc6-7)c6cccc3c64)N5c3ccc4c(c3)-c3ccccc3C4(c3ccccc3)c3ccccc3)ccc12. The van der Waals surface area contributed by atoms with Crippen LogP contribution in [0.2, 0.25) is 0 Å². The highest BCUT2D eigenvalue weighted by Gasteiger charge is 2.59. The number of rotatable bonds is 9. The molecular weight excluding hydrogens is 1180 g/mol. The van der Waals surface area contributed by atoms with E-state index >= 15 is 0 Å². The van der Waals surface area contributed by atoms with Gasteiger partial charge in [0.2, 0.25) is 0 Å². The van der Waals surface area contributed by atoms with Crippen LogP contribution in [0.15, 0.2) is 364 Å². The summed E-state index contributed by atoms with van der Waals surface area (Å²) in [6.45, 7) is 2.36. The molecule has 458 valence electrons. The van der Waals surface area contributed by atoms with Crippen molar-refractivity contribution in [3.05, 3.63) is 431 Å². The molecule has 0 fully saturated rings. The largest absolute Gasteiger partial charge is 0.311 e. The molecule has 2 atom stereocenters. The first-order valence-electron chi connectivity index (χ1n) is 34.6. The second-order valence-electron chi connectivity index (χ2n) is 27.9. The summed E-state index contributed by atoms with van der Waals surface area (Å²) in [5.41, 5.74) is 32.9. The van der Waals surface area contributed by atoms with Gasteiger partial charge in [-0.3, -0.25) is 0 Å². The normalized spacial score (nSPS) is 17.9. The predicted molar refractivity (Wildman–Crippen MR) is 405 cm³/mol. The molecule has 3 nitrogen and oxygen atoms in total. The van der Waals surface area contributed by atoms with Crippen LogP contribution < -0.4 is 31.1 Å². The van der Waals surface area contributed by atoms with E-state index in [2.05, 4.69) is 386 Å². The number of hydrogen-bond donors (Lipinski definition) is 0. The van der Waals surface area contributed by atoms with Crippen LogP contribution in [0.1, 0.15) is 73.7 Å². The van der Waals surface area contributed by atoms with Crippen molar-refractivity contribution in [2.75, 3.05) is 14.7 Å². The number of anilines is 9. The smallest absolute Gasteiger partial charge is 0.257 e. The monoisotopic (exact) mass is 1250 g/mol. The van der Waals surface area contributed by atoms with Gasteiger partial charge in [0.25, 0.3) is 6.71 Å². The van der Waals surface area contributed by atoms with Crippen molar-refractivity contribution in [2.45, 2.75) is 28.6 Å². The van der Waals surface area contributed by atoms with E-state index in [4.69, 9.17) is 0 Å². The van der Waals surface area contributed by atoms with Crippen LogP contribution in [-0.4, -0.2) is 6.71 Å². The fraction of sp³-hybridized carbons (Fsp3) is 0.0638. The first kappa shape index (κ1) is 55.3. The average Bonchev–Trinajstić information content (AvgIpc) is 0.809. The molecule has 3 heterocycles. The van der Waals surface area contributed by atoms with Gasteiger partial charge in [0, 0.05) is 62.5 Å². The zero-order valence-electron chi connectivity index (χ0n) is 54.1. The molecule has 0 radical (unpaired) electrons. The number of hydrogen-bond acceptors (Lipinski definition) is 3. The summed E-state index contributed by atoms with van der Waals surface area (Å²) in [6.07, 6.45) is 9.52. The van der Waals surface area contributed by atoms with Gasteiger partial charge in [0.15, 0.2) is 0 Å². The van der Waals surface area contributed by atoms with Crippen LogP contribution in [0, 0.1) is 5.92 Å². The molecule has 0 amide bonds. The Hall–Kier alpha value is -12.0. The maximum Gasteiger partial charge on any atom is 0.257 e. The standard InChI is InChI=1S/C94H64BN3/c1-91-58-25-24-51-87(91)94(66-37-16-6-17-38-66,67-39-18-7-19-40-67)80-61-70(54-57-78(80)91)98-85-49-27-46-82-89(85)95-88-81(96(82)68-53-56-77-74(59-68)72-42-21-23-44-76(72)92(77,62-29-8-2-9-30-62)63-31-10-3-11-32-63)45-26-47-83(88)97(84-48-28-50-86(98)90(84)95)69-52-55-73-71-41-20-22-43-75(71)93(79(73)60-69,64-33-12-4-13-34-64)65-35-14-5-15-36-65/h2-61,87H,1H3. The molecule has 21 rings (SSSR count). The third-order valence-corrected chi connectivity index (χ3v) is 23.6. The third kappa shape index (κ3) is 7.03. The lowest BCUT2D eigenvalue weighted by atomic mass is 9.32. The average molecular weight is 1250 g/mol. The minimum atomic E-state index is -0.594. The van der Waals surface area contributed by atoms with E-state index in [9.17, 15) is 0 Å². The molecule has 14 aromatic rings. The lowest BCUT2D eigenvalue weighted by Gasteiger charge is -2.49. The molecule has 0 saturated carbocycles. The Bertz CT molecular complexity index is 5570. The minimum absolute atomic E-state index is 0.105. The maximum absolute atomic E-state index is 2.64. The third-order valence-electron chi connectivity index (χ3n) is 23.6. The second kappa shape index (κ2) is 20.5. The Morgan fingerprint density at radius 1 is 0.265 bits per heavy atom. The molecular formula is C94H64BN3. The molecule has 14 aromatic carbocycles. The first-order chi connectivity index (χ1) is 48.5. The van der Waals surface area contributed by atoms with Crippen LogP contribution in [-0.2, 0) is 21.7 Å². The maximum atomic E-state index is 2.64. The molecule has 0 bridgehead atoms. The Balaban J connectivity index is 0.839. The molecule has 4 aliphatic carbocycles. The van der Waals surface area contributed by atoms with Gasteiger partial charge in [-0.25, -0.2) is 0 Å². The molecule has 0 spiro atoms. The summed E-state index contributed by atoms with van der Waals surface area (Å²) in [4.78, 5) is 7.89. The number of nitrogens with zero attached hydrogens (tertiary/aromatic N) is 3. The summed E-state index contributed by atoms with van der Waals surface area (Å²) >= 11 is 0. The van der Waals surface area contributed by atoms with E-state index in [-0.39, 0.29) is 18.0 Å².